The minimum atomic E-state index is -3.81. The first-order valence-electron chi connectivity index (χ1n) is 9.06. The molecule has 3 rings (SSSR count). The summed E-state index contributed by atoms with van der Waals surface area (Å²) in [6, 6.07) is 11.8. The van der Waals surface area contributed by atoms with Gasteiger partial charge in [-0.1, -0.05) is 22.9 Å². The fourth-order valence-corrected chi connectivity index (χ4v) is 4.31. The van der Waals surface area contributed by atoms with Crippen LogP contribution in [0.1, 0.15) is 23.7 Å². The molecule has 0 aliphatic carbocycles. The van der Waals surface area contributed by atoms with E-state index in [2.05, 4.69) is 15.5 Å². The van der Waals surface area contributed by atoms with Crippen LogP contribution in [0.4, 0.5) is 5.69 Å². The van der Waals surface area contributed by atoms with Crippen molar-refractivity contribution in [2.45, 2.75) is 35.3 Å². The average Bonchev–Trinajstić information content (AvgIpc) is 3.13. The van der Waals surface area contributed by atoms with E-state index in [0.29, 0.717) is 5.69 Å². The van der Waals surface area contributed by atoms with Crippen molar-refractivity contribution in [3.8, 4) is 0 Å². The zero-order valence-electron chi connectivity index (χ0n) is 16.5. The molecule has 0 radical (unpaired) electrons. The Bertz CT molecular complexity index is 1280. The topological polar surface area (TPSA) is 162 Å². The van der Waals surface area contributed by atoms with Crippen LogP contribution in [0.5, 0.6) is 0 Å². The number of nitrogens with zero attached hydrogens (tertiary/aromatic N) is 2. The van der Waals surface area contributed by atoms with Crippen LogP contribution < -0.4 is 10.5 Å². The minimum Gasteiger partial charge on any atom is -0.339 e. The van der Waals surface area contributed by atoms with Crippen LogP contribution in [-0.2, 0) is 36.8 Å². The van der Waals surface area contributed by atoms with Crippen LogP contribution in [0.15, 0.2) is 62.8 Å². The summed E-state index contributed by atoms with van der Waals surface area (Å²) in [7, 11) is -7.43. The molecule has 2 aromatic carbocycles. The summed E-state index contributed by atoms with van der Waals surface area (Å²) in [6.07, 6.45) is 0.113. The monoisotopic (exact) mass is 464 g/mol. The number of nitrogens with one attached hydrogen (secondary N) is 1. The number of carbonyl (C=O) groups is 1. The molecule has 3 aromatic rings. The van der Waals surface area contributed by atoms with Crippen LogP contribution in [0.2, 0.25) is 0 Å². The normalized spacial score (nSPS) is 11.9. The maximum Gasteiger partial charge on any atom is 0.238 e. The number of aromatic nitrogens is 2. The zero-order valence-corrected chi connectivity index (χ0v) is 18.1. The van der Waals surface area contributed by atoms with Crippen molar-refractivity contribution in [2.24, 2.45) is 5.14 Å². The van der Waals surface area contributed by atoms with E-state index in [1.54, 1.807) is 12.1 Å². The number of primary sulfonamides is 1. The first-order valence-corrected chi connectivity index (χ1v) is 12.3. The van der Waals surface area contributed by atoms with Gasteiger partial charge in [-0.3, -0.25) is 4.79 Å². The van der Waals surface area contributed by atoms with Gasteiger partial charge in [0.1, 0.15) is 5.75 Å². The number of anilines is 1. The Morgan fingerprint density at radius 3 is 2.23 bits per heavy atom. The molecule has 0 saturated carbocycles. The van der Waals surface area contributed by atoms with Gasteiger partial charge in [0.25, 0.3) is 0 Å². The standard InChI is InChI=1S/C19H20N4O6S2/c1-13-2-6-15(7-3-13)30(25,26)12-17-22-19(29-23-17)11-10-18(24)21-14-4-8-16(9-5-14)31(20,27)28/h2-9H,10-12H2,1H3,(H,21,24)(H2,20,27,28). The average molecular weight is 465 g/mol. The molecule has 0 atom stereocenters. The van der Waals surface area contributed by atoms with E-state index in [0.717, 1.165) is 5.56 Å². The van der Waals surface area contributed by atoms with Crippen LogP contribution in [0, 0.1) is 6.92 Å². The molecule has 0 fully saturated rings. The molecule has 31 heavy (non-hydrogen) atoms. The number of rotatable bonds is 8. The predicted octanol–water partition coefficient (Wildman–Crippen LogP) is 1.57. The SMILES string of the molecule is Cc1ccc(S(=O)(=O)Cc2noc(CCC(=O)Nc3ccc(S(N)(=O)=O)cc3)n2)cc1. The van der Waals surface area contributed by atoms with Crippen molar-refractivity contribution >= 4 is 31.5 Å². The second kappa shape index (κ2) is 8.96. The van der Waals surface area contributed by atoms with E-state index >= 15 is 0 Å². The van der Waals surface area contributed by atoms with Crippen LogP contribution in [0.3, 0.4) is 0 Å². The Labute approximate surface area is 179 Å². The number of aryl methyl sites for hydroxylation is 2. The Morgan fingerprint density at radius 1 is 1.00 bits per heavy atom. The number of amides is 1. The third kappa shape index (κ3) is 6.20. The Balaban J connectivity index is 1.55. The number of sulfonamides is 1. The molecule has 0 spiro atoms. The Morgan fingerprint density at radius 2 is 1.61 bits per heavy atom. The molecule has 0 unspecified atom stereocenters. The Kier molecular flexibility index (Phi) is 6.53. The van der Waals surface area contributed by atoms with Gasteiger partial charge in [-0.2, -0.15) is 4.98 Å². The van der Waals surface area contributed by atoms with Gasteiger partial charge in [0.05, 0.1) is 9.79 Å². The van der Waals surface area contributed by atoms with Gasteiger partial charge in [0.15, 0.2) is 15.7 Å². The largest absolute Gasteiger partial charge is 0.339 e. The lowest BCUT2D eigenvalue weighted by Crippen LogP contribution is -2.14. The van der Waals surface area contributed by atoms with E-state index < -0.39 is 25.6 Å². The molecular formula is C19H20N4O6S2. The molecule has 12 heteroatoms. The van der Waals surface area contributed by atoms with Gasteiger partial charge in [-0.25, -0.2) is 22.0 Å². The van der Waals surface area contributed by atoms with E-state index in [1.165, 1.54) is 36.4 Å². The van der Waals surface area contributed by atoms with E-state index in [1.807, 2.05) is 6.92 Å². The number of benzene rings is 2. The van der Waals surface area contributed by atoms with E-state index in [4.69, 9.17) is 9.66 Å². The summed E-state index contributed by atoms with van der Waals surface area (Å²) < 4.78 is 52.4. The summed E-state index contributed by atoms with van der Waals surface area (Å²) >= 11 is 0. The lowest BCUT2D eigenvalue weighted by Gasteiger charge is -2.05. The summed E-state index contributed by atoms with van der Waals surface area (Å²) in [4.78, 5) is 16.2. The fraction of sp³-hybridized carbons (Fsp3) is 0.211. The van der Waals surface area contributed by atoms with Crippen molar-refractivity contribution in [1.29, 1.82) is 0 Å². The molecule has 0 saturated heterocycles. The molecule has 0 aliphatic rings. The number of nitrogens with two attached hydrogens (primary N) is 1. The molecule has 0 aliphatic heterocycles. The molecule has 10 nitrogen and oxygen atoms in total. The highest BCUT2D eigenvalue weighted by molar-refractivity contribution is 7.90. The quantitative estimate of drug-likeness (QED) is 0.507. The highest BCUT2D eigenvalue weighted by atomic mass is 32.2. The van der Waals surface area contributed by atoms with Crippen LogP contribution >= 0.6 is 0 Å². The molecule has 3 N–H and O–H groups in total. The Hall–Kier alpha value is -3.09. The molecule has 1 amide bonds. The van der Waals surface area contributed by atoms with Crippen LogP contribution in [-0.4, -0.2) is 32.9 Å². The number of hydrogen-bond acceptors (Lipinski definition) is 8. The predicted molar refractivity (Wildman–Crippen MR) is 111 cm³/mol. The molecule has 0 bridgehead atoms. The summed E-state index contributed by atoms with van der Waals surface area (Å²) in [5.41, 5.74) is 1.34. The van der Waals surface area contributed by atoms with Gasteiger partial charge >= 0.3 is 0 Å². The van der Waals surface area contributed by atoms with Gasteiger partial charge in [0.2, 0.25) is 21.8 Å². The number of carbonyl (C=O) groups excluding carboxylic acids is 1. The zero-order chi connectivity index (χ0) is 22.6. The first kappa shape index (κ1) is 22.6. The van der Waals surface area contributed by atoms with Crippen molar-refractivity contribution in [2.75, 3.05) is 5.32 Å². The van der Waals surface area contributed by atoms with E-state index in [9.17, 15) is 21.6 Å². The second-order valence-electron chi connectivity index (χ2n) is 6.79. The minimum absolute atomic E-state index is 0.00326. The van der Waals surface area contributed by atoms with Gasteiger partial charge in [-0.15, -0.1) is 0 Å². The van der Waals surface area contributed by atoms with Gasteiger partial charge < -0.3 is 9.84 Å². The molecule has 1 aromatic heterocycles. The van der Waals surface area contributed by atoms with Crippen molar-refractivity contribution in [3.05, 3.63) is 65.8 Å². The van der Waals surface area contributed by atoms with Gasteiger partial charge in [0, 0.05) is 18.5 Å². The number of sulfone groups is 1. The van der Waals surface area contributed by atoms with E-state index in [-0.39, 0.29) is 40.3 Å². The van der Waals surface area contributed by atoms with Crippen molar-refractivity contribution in [3.63, 3.8) is 0 Å². The van der Waals surface area contributed by atoms with Crippen LogP contribution in [0.25, 0.3) is 0 Å². The van der Waals surface area contributed by atoms with Gasteiger partial charge in [-0.05, 0) is 43.3 Å². The summed E-state index contributed by atoms with van der Waals surface area (Å²) in [6.45, 7) is 1.86. The second-order valence-corrected chi connectivity index (χ2v) is 10.3. The first-order chi connectivity index (χ1) is 14.5. The fourth-order valence-electron chi connectivity index (χ4n) is 2.62. The molecular weight excluding hydrogens is 444 g/mol. The summed E-state index contributed by atoms with van der Waals surface area (Å²) in [5.74, 6) is -0.638. The smallest absolute Gasteiger partial charge is 0.238 e. The maximum absolute atomic E-state index is 12.4. The van der Waals surface area contributed by atoms with Crippen molar-refractivity contribution in [1.82, 2.24) is 10.1 Å². The maximum atomic E-state index is 12.4. The molecule has 1 heterocycles. The molecule has 164 valence electrons. The number of hydrogen-bond donors (Lipinski definition) is 2. The summed E-state index contributed by atoms with van der Waals surface area (Å²) in [5, 5.41) is 11.3. The highest BCUT2D eigenvalue weighted by Gasteiger charge is 2.19. The lowest BCUT2D eigenvalue weighted by atomic mass is 10.2. The third-order valence-electron chi connectivity index (χ3n) is 4.24. The highest BCUT2D eigenvalue weighted by Crippen LogP contribution is 2.17. The van der Waals surface area contributed by atoms with Crippen molar-refractivity contribution < 1.29 is 26.2 Å². The third-order valence-corrected chi connectivity index (χ3v) is 6.80. The lowest BCUT2D eigenvalue weighted by molar-refractivity contribution is -0.116.